The molecule has 3 aromatic rings. The summed E-state index contributed by atoms with van der Waals surface area (Å²) >= 11 is 0. The summed E-state index contributed by atoms with van der Waals surface area (Å²) in [5, 5.41) is 7.53. The maximum atomic E-state index is 12.3. The topological polar surface area (TPSA) is 82.5 Å². The number of aryl methyl sites for hydroxylation is 1. The molecule has 0 radical (unpaired) electrons. The zero-order valence-electron chi connectivity index (χ0n) is 14.6. The van der Waals surface area contributed by atoms with Gasteiger partial charge in [-0.3, -0.25) is 14.3 Å². The number of fused-ring (bicyclic) bond motifs is 1. The third-order valence-corrected chi connectivity index (χ3v) is 3.98. The second kappa shape index (κ2) is 7.69. The molecule has 0 fully saturated rings. The van der Waals surface area contributed by atoms with Gasteiger partial charge >= 0.3 is 0 Å². The van der Waals surface area contributed by atoms with Gasteiger partial charge in [-0.1, -0.05) is 12.1 Å². The van der Waals surface area contributed by atoms with Gasteiger partial charge in [0.2, 0.25) is 11.3 Å². The predicted octanol–water partition coefficient (Wildman–Crippen LogP) is 2.44. The van der Waals surface area contributed by atoms with E-state index in [0.717, 1.165) is 0 Å². The fourth-order valence-corrected chi connectivity index (χ4v) is 2.68. The Kier molecular flexibility index (Phi) is 5.17. The molecule has 0 spiro atoms. The molecule has 3 rings (SSSR count). The van der Waals surface area contributed by atoms with Crippen molar-refractivity contribution in [1.29, 1.82) is 0 Å². The smallest absolute Gasteiger partial charge is 0.226 e. The number of amides is 1. The van der Waals surface area contributed by atoms with Gasteiger partial charge in [0.1, 0.15) is 0 Å². The van der Waals surface area contributed by atoms with Crippen LogP contribution in [0.15, 0.2) is 53.5 Å². The van der Waals surface area contributed by atoms with Crippen LogP contribution in [0.25, 0.3) is 10.9 Å². The number of nitrogens with zero attached hydrogens (tertiary/aromatic N) is 2. The molecule has 0 aliphatic heterocycles. The van der Waals surface area contributed by atoms with Crippen molar-refractivity contribution in [2.45, 2.75) is 13.0 Å². The summed E-state index contributed by atoms with van der Waals surface area (Å²) in [6.07, 6.45) is 1.49. The Morgan fingerprint density at radius 3 is 2.65 bits per heavy atom. The molecule has 26 heavy (non-hydrogen) atoms. The Bertz CT molecular complexity index is 997. The predicted molar refractivity (Wildman–Crippen MR) is 98.8 cm³/mol. The minimum Gasteiger partial charge on any atom is -0.493 e. The van der Waals surface area contributed by atoms with E-state index in [2.05, 4.69) is 10.4 Å². The quantitative estimate of drug-likeness (QED) is 0.736. The lowest BCUT2D eigenvalue weighted by Crippen LogP contribution is -2.18. The molecule has 0 saturated carbocycles. The normalized spacial score (nSPS) is 10.5. The van der Waals surface area contributed by atoms with Crippen LogP contribution in [0.1, 0.15) is 6.42 Å². The van der Waals surface area contributed by atoms with Gasteiger partial charge in [0.15, 0.2) is 11.5 Å². The number of carbonyl (C=O) groups is 1. The number of methoxy groups -OCH3 is 2. The molecule has 1 aromatic heterocycles. The highest BCUT2D eigenvalue weighted by Crippen LogP contribution is 2.29. The summed E-state index contributed by atoms with van der Waals surface area (Å²) in [5.41, 5.74) is 1.19. The minimum atomic E-state index is -0.165. The van der Waals surface area contributed by atoms with Crippen LogP contribution >= 0.6 is 0 Å². The van der Waals surface area contributed by atoms with Crippen LogP contribution in [-0.2, 0) is 11.3 Å². The van der Waals surface area contributed by atoms with Crippen LogP contribution in [0.5, 0.6) is 11.5 Å². The lowest BCUT2D eigenvalue weighted by Gasteiger charge is -2.11. The molecular weight excluding hydrogens is 334 g/mol. The van der Waals surface area contributed by atoms with Gasteiger partial charge in [0.25, 0.3) is 0 Å². The van der Waals surface area contributed by atoms with Crippen LogP contribution < -0.4 is 20.2 Å². The molecular formula is C19H19N3O4. The third kappa shape index (κ3) is 3.66. The van der Waals surface area contributed by atoms with Crippen LogP contribution in [0.3, 0.4) is 0 Å². The van der Waals surface area contributed by atoms with Crippen molar-refractivity contribution in [2.24, 2.45) is 0 Å². The summed E-state index contributed by atoms with van der Waals surface area (Å²) in [6.45, 7) is 0.361. The Morgan fingerprint density at radius 2 is 1.88 bits per heavy atom. The zero-order valence-corrected chi connectivity index (χ0v) is 14.6. The van der Waals surface area contributed by atoms with Crippen molar-refractivity contribution >= 4 is 22.5 Å². The number of anilines is 1. The molecule has 1 N–H and O–H groups in total. The minimum absolute atomic E-state index is 0.133. The van der Waals surface area contributed by atoms with Gasteiger partial charge in [-0.25, -0.2) is 0 Å². The maximum absolute atomic E-state index is 12.3. The van der Waals surface area contributed by atoms with E-state index in [1.54, 1.807) is 42.1 Å². The molecule has 0 saturated heterocycles. The Labute approximate surface area is 150 Å². The lowest BCUT2D eigenvalue weighted by atomic mass is 10.2. The van der Waals surface area contributed by atoms with Gasteiger partial charge in [-0.05, 0) is 24.3 Å². The fraction of sp³-hybridized carbons (Fsp3) is 0.211. The van der Waals surface area contributed by atoms with E-state index in [9.17, 15) is 9.59 Å². The summed E-state index contributed by atoms with van der Waals surface area (Å²) in [4.78, 5) is 24.1. The maximum Gasteiger partial charge on any atom is 0.226 e. The first-order chi connectivity index (χ1) is 12.6. The SMILES string of the molecule is COc1ccc(NC(=O)CCn2ncc(=O)c3ccccc32)cc1OC. The highest BCUT2D eigenvalue weighted by molar-refractivity contribution is 5.91. The van der Waals surface area contributed by atoms with E-state index in [-0.39, 0.29) is 17.8 Å². The highest BCUT2D eigenvalue weighted by atomic mass is 16.5. The van der Waals surface area contributed by atoms with Crippen LogP contribution in [-0.4, -0.2) is 29.9 Å². The summed E-state index contributed by atoms with van der Waals surface area (Å²) in [5.74, 6) is 0.967. The first-order valence-corrected chi connectivity index (χ1v) is 8.09. The Balaban J connectivity index is 1.70. The van der Waals surface area contributed by atoms with Gasteiger partial charge in [0, 0.05) is 23.6 Å². The number of ether oxygens (including phenoxy) is 2. The van der Waals surface area contributed by atoms with Gasteiger partial charge in [-0.15, -0.1) is 0 Å². The number of para-hydroxylation sites is 1. The van der Waals surface area contributed by atoms with E-state index >= 15 is 0 Å². The number of hydrogen-bond acceptors (Lipinski definition) is 5. The third-order valence-electron chi connectivity index (χ3n) is 3.98. The molecule has 0 unspecified atom stereocenters. The van der Waals surface area contributed by atoms with Crippen LogP contribution in [0.2, 0.25) is 0 Å². The molecule has 0 aliphatic rings. The van der Waals surface area contributed by atoms with Crippen molar-refractivity contribution < 1.29 is 14.3 Å². The van der Waals surface area contributed by atoms with E-state index in [4.69, 9.17) is 9.47 Å². The number of carbonyl (C=O) groups excluding carboxylic acids is 1. The number of hydrogen-bond donors (Lipinski definition) is 1. The summed E-state index contributed by atoms with van der Waals surface area (Å²) in [7, 11) is 3.09. The fourth-order valence-electron chi connectivity index (χ4n) is 2.68. The van der Waals surface area contributed by atoms with E-state index in [0.29, 0.717) is 34.6 Å². The standard InChI is InChI=1S/C19H19N3O4/c1-25-17-8-7-13(11-18(17)26-2)21-19(24)9-10-22-15-6-4-3-5-14(15)16(23)12-20-22/h3-8,11-12H,9-10H2,1-2H3,(H,21,24). The first-order valence-electron chi connectivity index (χ1n) is 8.09. The molecule has 1 heterocycles. The van der Waals surface area contributed by atoms with Gasteiger partial charge < -0.3 is 14.8 Å². The van der Waals surface area contributed by atoms with E-state index in [1.807, 2.05) is 12.1 Å². The molecule has 7 nitrogen and oxygen atoms in total. The Hall–Kier alpha value is -3.35. The molecule has 7 heteroatoms. The number of benzene rings is 2. The molecule has 0 atom stereocenters. The number of rotatable bonds is 6. The van der Waals surface area contributed by atoms with Crippen molar-refractivity contribution in [3.05, 3.63) is 58.9 Å². The first kappa shape index (κ1) is 17.5. The molecule has 134 valence electrons. The van der Waals surface area contributed by atoms with Crippen LogP contribution in [0.4, 0.5) is 5.69 Å². The summed E-state index contributed by atoms with van der Waals surface area (Å²) < 4.78 is 12.1. The van der Waals surface area contributed by atoms with Crippen molar-refractivity contribution in [1.82, 2.24) is 9.78 Å². The molecule has 1 amide bonds. The second-order valence-corrected chi connectivity index (χ2v) is 5.62. The van der Waals surface area contributed by atoms with Crippen molar-refractivity contribution in [3.63, 3.8) is 0 Å². The zero-order chi connectivity index (χ0) is 18.5. The molecule has 0 aliphatic carbocycles. The highest BCUT2D eigenvalue weighted by Gasteiger charge is 2.09. The van der Waals surface area contributed by atoms with E-state index in [1.165, 1.54) is 13.3 Å². The number of aromatic nitrogens is 2. The summed E-state index contributed by atoms with van der Waals surface area (Å²) in [6, 6.07) is 12.4. The lowest BCUT2D eigenvalue weighted by molar-refractivity contribution is -0.116. The van der Waals surface area contributed by atoms with Crippen molar-refractivity contribution in [2.75, 3.05) is 19.5 Å². The largest absolute Gasteiger partial charge is 0.493 e. The average Bonchev–Trinajstić information content (AvgIpc) is 2.67. The van der Waals surface area contributed by atoms with E-state index < -0.39 is 0 Å². The Morgan fingerprint density at radius 1 is 1.12 bits per heavy atom. The van der Waals surface area contributed by atoms with Gasteiger partial charge in [0.05, 0.1) is 32.5 Å². The molecule has 2 aromatic carbocycles. The van der Waals surface area contributed by atoms with Gasteiger partial charge in [-0.2, -0.15) is 5.10 Å². The van der Waals surface area contributed by atoms with Crippen molar-refractivity contribution in [3.8, 4) is 11.5 Å². The second-order valence-electron chi connectivity index (χ2n) is 5.62. The average molecular weight is 353 g/mol. The monoisotopic (exact) mass is 353 g/mol. The number of nitrogens with one attached hydrogen (secondary N) is 1. The van der Waals surface area contributed by atoms with Crippen LogP contribution in [0, 0.1) is 0 Å². The molecule has 0 bridgehead atoms.